The fourth-order valence-electron chi connectivity index (χ4n) is 2.48. The van der Waals surface area contributed by atoms with Crippen LogP contribution in [0.2, 0.25) is 0 Å². The van der Waals surface area contributed by atoms with Gasteiger partial charge >= 0.3 is 0 Å². The van der Waals surface area contributed by atoms with Crippen molar-refractivity contribution in [2.45, 2.75) is 31.7 Å². The Morgan fingerprint density at radius 3 is 2.90 bits per heavy atom. The molecule has 0 aliphatic carbocycles. The second kappa shape index (κ2) is 7.05. The van der Waals surface area contributed by atoms with Gasteiger partial charge in [0.15, 0.2) is 0 Å². The van der Waals surface area contributed by atoms with E-state index in [9.17, 15) is 9.59 Å². The molecular formula is C15H21N3O2. The molecule has 20 heavy (non-hydrogen) atoms. The second-order valence-electron chi connectivity index (χ2n) is 5.05. The highest BCUT2D eigenvalue weighted by molar-refractivity contribution is 5.83. The van der Waals surface area contributed by atoms with E-state index in [1.807, 2.05) is 18.2 Å². The van der Waals surface area contributed by atoms with Crippen molar-refractivity contribution >= 4 is 11.8 Å². The van der Waals surface area contributed by atoms with E-state index in [4.69, 9.17) is 5.73 Å². The summed E-state index contributed by atoms with van der Waals surface area (Å²) in [6, 6.07) is 7.76. The minimum absolute atomic E-state index is 0.00350. The number of hydrogen-bond acceptors (Lipinski definition) is 3. The summed E-state index contributed by atoms with van der Waals surface area (Å²) in [4.78, 5) is 22.8. The first-order chi connectivity index (χ1) is 9.68. The van der Waals surface area contributed by atoms with Crippen LogP contribution in [0.15, 0.2) is 24.3 Å². The van der Waals surface area contributed by atoms with Crippen LogP contribution < -0.4 is 16.4 Å². The summed E-state index contributed by atoms with van der Waals surface area (Å²) in [5.41, 5.74) is 7.37. The van der Waals surface area contributed by atoms with Crippen molar-refractivity contribution in [2.75, 3.05) is 13.1 Å². The minimum Gasteiger partial charge on any atom is -0.370 e. The van der Waals surface area contributed by atoms with E-state index in [1.54, 1.807) is 0 Å². The van der Waals surface area contributed by atoms with E-state index in [-0.39, 0.29) is 17.9 Å². The standard InChI is InChI=1S/C15H21N3O2/c16-13(19)7-3-4-9-18-15(20)14-12-6-2-1-5-11(12)8-10-17-14/h1-2,5-6,14,17H,3-4,7-10H2,(H2,16,19)(H,18,20). The molecule has 0 spiro atoms. The lowest BCUT2D eigenvalue weighted by atomic mass is 9.94. The van der Waals surface area contributed by atoms with Crippen molar-refractivity contribution < 1.29 is 9.59 Å². The highest BCUT2D eigenvalue weighted by Gasteiger charge is 2.25. The SMILES string of the molecule is NC(=O)CCCCNC(=O)C1NCCc2ccccc21. The molecule has 0 aromatic heterocycles. The fourth-order valence-corrected chi connectivity index (χ4v) is 2.48. The number of unbranched alkanes of at least 4 members (excludes halogenated alkanes) is 1. The molecule has 1 aromatic carbocycles. The van der Waals surface area contributed by atoms with E-state index < -0.39 is 0 Å². The number of hydrogen-bond donors (Lipinski definition) is 3. The highest BCUT2D eigenvalue weighted by Crippen LogP contribution is 2.22. The Balaban J connectivity index is 1.83. The first-order valence-electron chi connectivity index (χ1n) is 7.05. The molecule has 2 amide bonds. The molecule has 0 saturated carbocycles. The number of carbonyl (C=O) groups excluding carboxylic acids is 2. The average molecular weight is 275 g/mol. The fraction of sp³-hybridized carbons (Fsp3) is 0.467. The van der Waals surface area contributed by atoms with Crippen LogP contribution in [-0.2, 0) is 16.0 Å². The molecule has 1 atom stereocenters. The van der Waals surface area contributed by atoms with Crippen molar-refractivity contribution in [3.63, 3.8) is 0 Å². The molecule has 1 unspecified atom stereocenters. The number of rotatable bonds is 6. The molecule has 108 valence electrons. The largest absolute Gasteiger partial charge is 0.370 e. The monoisotopic (exact) mass is 275 g/mol. The number of primary amides is 1. The molecule has 5 heteroatoms. The predicted molar refractivity (Wildman–Crippen MR) is 76.9 cm³/mol. The predicted octanol–water partition coefficient (Wildman–Crippen LogP) is 0.645. The summed E-state index contributed by atoms with van der Waals surface area (Å²) in [6.45, 7) is 1.39. The van der Waals surface area contributed by atoms with Gasteiger partial charge in [0.1, 0.15) is 6.04 Å². The molecule has 1 aliphatic heterocycles. The Hall–Kier alpha value is -1.88. The van der Waals surface area contributed by atoms with Gasteiger partial charge in [0, 0.05) is 19.5 Å². The maximum atomic E-state index is 12.2. The van der Waals surface area contributed by atoms with E-state index in [0.717, 1.165) is 24.9 Å². The maximum Gasteiger partial charge on any atom is 0.241 e. The van der Waals surface area contributed by atoms with Crippen LogP contribution in [0.25, 0.3) is 0 Å². The number of nitrogens with two attached hydrogens (primary N) is 1. The highest BCUT2D eigenvalue weighted by atomic mass is 16.2. The molecule has 1 aliphatic rings. The van der Waals surface area contributed by atoms with E-state index >= 15 is 0 Å². The summed E-state index contributed by atoms with van der Waals surface area (Å²) < 4.78 is 0. The number of nitrogens with one attached hydrogen (secondary N) is 2. The Morgan fingerprint density at radius 1 is 1.30 bits per heavy atom. The topological polar surface area (TPSA) is 84.2 Å². The Morgan fingerprint density at radius 2 is 2.10 bits per heavy atom. The first kappa shape index (κ1) is 14.5. The van der Waals surface area contributed by atoms with Gasteiger partial charge in [-0.1, -0.05) is 24.3 Å². The van der Waals surface area contributed by atoms with Gasteiger partial charge in [-0.05, 0) is 30.4 Å². The van der Waals surface area contributed by atoms with Crippen LogP contribution in [0.3, 0.4) is 0 Å². The normalized spacial score (nSPS) is 17.3. The number of carbonyl (C=O) groups is 2. The minimum atomic E-state index is -0.292. The van der Waals surface area contributed by atoms with Crippen LogP contribution >= 0.6 is 0 Å². The van der Waals surface area contributed by atoms with E-state index in [2.05, 4.69) is 16.7 Å². The number of benzene rings is 1. The molecule has 1 aromatic rings. The third-order valence-electron chi connectivity index (χ3n) is 3.52. The number of fused-ring (bicyclic) bond motifs is 1. The van der Waals surface area contributed by atoms with Crippen molar-refractivity contribution in [2.24, 2.45) is 5.73 Å². The average Bonchev–Trinajstić information content (AvgIpc) is 2.45. The van der Waals surface area contributed by atoms with Gasteiger partial charge in [-0.25, -0.2) is 0 Å². The molecule has 0 fully saturated rings. The van der Waals surface area contributed by atoms with Crippen molar-refractivity contribution in [1.82, 2.24) is 10.6 Å². The zero-order valence-electron chi connectivity index (χ0n) is 11.5. The van der Waals surface area contributed by atoms with Gasteiger partial charge in [0.2, 0.25) is 11.8 Å². The van der Waals surface area contributed by atoms with E-state index in [0.29, 0.717) is 19.4 Å². The Bertz CT molecular complexity index is 488. The zero-order valence-corrected chi connectivity index (χ0v) is 11.5. The van der Waals surface area contributed by atoms with Gasteiger partial charge in [-0.3, -0.25) is 9.59 Å². The Kier molecular flexibility index (Phi) is 5.12. The molecule has 1 heterocycles. The van der Waals surface area contributed by atoms with Crippen LogP contribution in [0, 0.1) is 0 Å². The van der Waals surface area contributed by atoms with Crippen molar-refractivity contribution in [3.8, 4) is 0 Å². The molecule has 0 radical (unpaired) electrons. The van der Waals surface area contributed by atoms with Crippen LogP contribution in [0.5, 0.6) is 0 Å². The lowest BCUT2D eigenvalue weighted by molar-refractivity contribution is -0.123. The lowest BCUT2D eigenvalue weighted by Crippen LogP contribution is -2.41. The van der Waals surface area contributed by atoms with Crippen LogP contribution in [0.4, 0.5) is 0 Å². The smallest absolute Gasteiger partial charge is 0.241 e. The molecule has 2 rings (SSSR count). The summed E-state index contributed by atoms with van der Waals surface area (Å²) in [6.07, 6.45) is 2.81. The van der Waals surface area contributed by atoms with E-state index in [1.165, 1.54) is 5.56 Å². The summed E-state index contributed by atoms with van der Waals surface area (Å²) >= 11 is 0. The third-order valence-corrected chi connectivity index (χ3v) is 3.52. The summed E-state index contributed by atoms with van der Waals surface area (Å²) in [7, 11) is 0. The van der Waals surface area contributed by atoms with Gasteiger partial charge in [0.25, 0.3) is 0 Å². The molecule has 0 bridgehead atoms. The molecular weight excluding hydrogens is 254 g/mol. The molecule has 5 nitrogen and oxygen atoms in total. The summed E-state index contributed by atoms with van der Waals surface area (Å²) in [5.74, 6) is -0.296. The van der Waals surface area contributed by atoms with Crippen molar-refractivity contribution in [1.29, 1.82) is 0 Å². The van der Waals surface area contributed by atoms with Gasteiger partial charge in [-0.2, -0.15) is 0 Å². The quantitative estimate of drug-likeness (QED) is 0.666. The Labute approximate surface area is 118 Å². The van der Waals surface area contributed by atoms with Gasteiger partial charge in [-0.15, -0.1) is 0 Å². The molecule has 0 saturated heterocycles. The maximum absolute atomic E-state index is 12.2. The molecule has 4 N–H and O–H groups in total. The van der Waals surface area contributed by atoms with Crippen molar-refractivity contribution in [3.05, 3.63) is 35.4 Å². The lowest BCUT2D eigenvalue weighted by Gasteiger charge is -2.26. The summed E-state index contributed by atoms with van der Waals surface area (Å²) in [5, 5.41) is 6.16. The number of amides is 2. The second-order valence-corrected chi connectivity index (χ2v) is 5.05. The van der Waals surface area contributed by atoms with Gasteiger partial charge < -0.3 is 16.4 Å². The first-order valence-corrected chi connectivity index (χ1v) is 7.05. The van der Waals surface area contributed by atoms with Crippen LogP contribution in [0.1, 0.15) is 36.4 Å². The third kappa shape index (κ3) is 3.81. The van der Waals surface area contributed by atoms with Gasteiger partial charge in [0.05, 0.1) is 0 Å². The zero-order chi connectivity index (χ0) is 14.4. The van der Waals surface area contributed by atoms with Crippen LogP contribution in [-0.4, -0.2) is 24.9 Å².